The van der Waals surface area contributed by atoms with Crippen LogP contribution in [0.3, 0.4) is 0 Å². The Hall–Kier alpha value is -1.50. The zero-order chi connectivity index (χ0) is 13.0. The molecular formula is C12H14N2O3S. The fourth-order valence-corrected chi connectivity index (χ4v) is 2.03. The van der Waals surface area contributed by atoms with Crippen LogP contribution in [0.25, 0.3) is 10.9 Å². The third kappa shape index (κ3) is 3.76. The predicted octanol–water partition coefficient (Wildman–Crippen LogP) is 1.21. The highest BCUT2D eigenvalue weighted by atomic mass is 32.2. The van der Waals surface area contributed by atoms with Crippen molar-refractivity contribution in [2.45, 2.75) is 6.54 Å². The first-order chi connectivity index (χ1) is 8.54. The number of hydrogen-bond donors (Lipinski definition) is 2. The van der Waals surface area contributed by atoms with Crippen LogP contribution >= 0.6 is 0 Å². The van der Waals surface area contributed by atoms with Crippen LogP contribution in [0.1, 0.15) is 5.69 Å². The monoisotopic (exact) mass is 266 g/mol. The fourth-order valence-electron chi connectivity index (χ4n) is 1.62. The van der Waals surface area contributed by atoms with E-state index in [1.807, 2.05) is 36.4 Å². The van der Waals surface area contributed by atoms with Gasteiger partial charge in [-0.2, -0.15) is 8.42 Å². The molecule has 0 aliphatic carbocycles. The van der Waals surface area contributed by atoms with E-state index in [0.29, 0.717) is 6.54 Å². The molecule has 0 aliphatic rings. The lowest BCUT2D eigenvalue weighted by Crippen LogP contribution is -2.22. The molecular weight excluding hydrogens is 252 g/mol. The first-order valence-electron chi connectivity index (χ1n) is 5.55. The lowest BCUT2D eigenvalue weighted by molar-refractivity contribution is 0.480. The van der Waals surface area contributed by atoms with Gasteiger partial charge in [0.2, 0.25) is 0 Å². The summed E-state index contributed by atoms with van der Waals surface area (Å²) in [6, 6.07) is 11.7. The average molecular weight is 266 g/mol. The van der Waals surface area contributed by atoms with Crippen molar-refractivity contribution in [1.29, 1.82) is 0 Å². The number of aromatic nitrogens is 1. The molecule has 0 bridgehead atoms. The van der Waals surface area contributed by atoms with Crippen LogP contribution in [0.5, 0.6) is 0 Å². The molecule has 5 nitrogen and oxygen atoms in total. The van der Waals surface area contributed by atoms with Crippen molar-refractivity contribution < 1.29 is 13.0 Å². The molecule has 0 amide bonds. The first kappa shape index (κ1) is 12.9. The smallest absolute Gasteiger partial charge is 0.266 e. The SMILES string of the molecule is O=S(=O)(O)CCNCc1ccc2ccccc2n1. The third-order valence-corrected chi connectivity index (χ3v) is 3.22. The minimum atomic E-state index is -3.90. The van der Waals surface area contributed by atoms with E-state index in [1.54, 1.807) is 0 Å². The van der Waals surface area contributed by atoms with Gasteiger partial charge in [-0.15, -0.1) is 0 Å². The highest BCUT2D eigenvalue weighted by molar-refractivity contribution is 7.85. The largest absolute Gasteiger partial charge is 0.310 e. The second-order valence-corrected chi connectivity index (χ2v) is 5.53. The highest BCUT2D eigenvalue weighted by Gasteiger charge is 2.03. The molecule has 0 saturated carbocycles. The Morgan fingerprint density at radius 2 is 1.94 bits per heavy atom. The van der Waals surface area contributed by atoms with Crippen LogP contribution in [0.2, 0.25) is 0 Å². The zero-order valence-corrected chi connectivity index (χ0v) is 10.5. The zero-order valence-electron chi connectivity index (χ0n) is 9.70. The molecule has 96 valence electrons. The average Bonchev–Trinajstić information content (AvgIpc) is 2.33. The van der Waals surface area contributed by atoms with Gasteiger partial charge in [0.25, 0.3) is 10.1 Å². The van der Waals surface area contributed by atoms with Gasteiger partial charge in [-0.05, 0) is 12.1 Å². The summed E-state index contributed by atoms with van der Waals surface area (Å²) in [6.45, 7) is 0.674. The molecule has 0 aliphatic heterocycles. The van der Waals surface area contributed by atoms with Gasteiger partial charge in [0, 0.05) is 18.5 Å². The normalized spacial score (nSPS) is 11.8. The van der Waals surface area contributed by atoms with E-state index < -0.39 is 10.1 Å². The maximum atomic E-state index is 10.5. The van der Waals surface area contributed by atoms with Gasteiger partial charge in [-0.3, -0.25) is 9.54 Å². The Bertz CT molecular complexity index is 641. The summed E-state index contributed by atoms with van der Waals surface area (Å²) in [5, 5.41) is 3.99. The van der Waals surface area contributed by atoms with Crippen LogP contribution < -0.4 is 5.32 Å². The van der Waals surface area contributed by atoms with Gasteiger partial charge >= 0.3 is 0 Å². The summed E-state index contributed by atoms with van der Waals surface area (Å²) >= 11 is 0. The van der Waals surface area contributed by atoms with E-state index in [0.717, 1.165) is 16.6 Å². The fraction of sp³-hybridized carbons (Fsp3) is 0.250. The Labute approximate surface area is 106 Å². The molecule has 1 aromatic heterocycles. The molecule has 1 aromatic carbocycles. The number of nitrogens with one attached hydrogen (secondary N) is 1. The quantitative estimate of drug-likeness (QED) is 0.628. The van der Waals surface area contributed by atoms with E-state index in [4.69, 9.17) is 4.55 Å². The van der Waals surface area contributed by atoms with Gasteiger partial charge in [0.15, 0.2) is 0 Å². The van der Waals surface area contributed by atoms with Crippen molar-refractivity contribution in [3.05, 3.63) is 42.1 Å². The molecule has 18 heavy (non-hydrogen) atoms. The second-order valence-electron chi connectivity index (χ2n) is 3.96. The van der Waals surface area contributed by atoms with E-state index in [-0.39, 0.29) is 12.3 Å². The van der Waals surface area contributed by atoms with Gasteiger partial charge < -0.3 is 5.32 Å². The number of pyridine rings is 1. The molecule has 0 unspecified atom stereocenters. The Balaban J connectivity index is 1.96. The second kappa shape index (κ2) is 5.43. The van der Waals surface area contributed by atoms with Crippen molar-refractivity contribution in [3.8, 4) is 0 Å². The number of nitrogens with zero attached hydrogens (tertiary/aromatic N) is 1. The highest BCUT2D eigenvalue weighted by Crippen LogP contribution is 2.11. The van der Waals surface area contributed by atoms with E-state index >= 15 is 0 Å². The van der Waals surface area contributed by atoms with Crippen LogP contribution in [0.4, 0.5) is 0 Å². The van der Waals surface area contributed by atoms with E-state index in [9.17, 15) is 8.42 Å². The summed E-state index contributed by atoms with van der Waals surface area (Å²) < 4.78 is 29.6. The molecule has 2 rings (SSSR count). The lowest BCUT2D eigenvalue weighted by Gasteiger charge is -2.04. The molecule has 0 spiro atoms. The summed E-state index contributed by atoms with van der Waals surface area (Å²) in [5.74, 6) is -0.291. The first-order valence-corrected chi connectivity index (χ1v) is 7.16. The Morgan fingerprint density at radius 3 is 2.72 bits per heavy atom. The minimum absolute atomic E-state index is 0.202. The molecule has 0 atom stereocenters. The van der Waals surface area contributed by atoms with Crippen molar-refractivity contribution in [3.63, 3.8) is 0 Å². The maximum absolute atomic E-state index is 10.5. The summed E-state index contributed by atoms with van der Waals surface area (Å²) in [4.78, 5) is 4.43. The maximum Gasteiger partial charge on any atom is 0.266 e. The number of rotatable bonds is 5. The molecule has 1 heterocycles. The van der Waals surface area contributed by atoms with Gasteiger partial charge in [0.1, 0.15) is 0 Å². The summed E-state index contributed by atoms with van der Waals surface area (Å²) in [6.07, 6.45) is 0. The van der Waals surface area contributed by atoms with Crippen molar-refractivity contribution in [1.82, 2.24) is 10.3 Å². The van der Waals surface area contributed by atoms with Gasteiger partial charge in [-0.1, -0.05) is 24.3 Å². The standard InChI is InChI=1S/C12H14N2O3S/c15-18(16,17)8-7-13-9-11-6-5-10-3-1-2-4-12(10)14-11/h1-6,13H,7-9H2,(H,15,16,17). The Morgan fingerprint density at radius 1 is 1.17 bits per heavy atom. The van der Waals surface area contributed by atoms with Crippen LogP contribution in [-0.4, -0.2) is 30.3 Å². The number of fused-ring (bicyclic) bond motifs is 1. The topological polar surface area (TPSA) is 79.3 Å². The molecule has 2 N–H and O–H groups in total. The molecule has 0 radical (unpaired) electrons. The van der Waals surface area contributed by atoms with Gasteiger partial charge in [0.05, 0.1) is 17.0 Å². The van der Waals surface area contributed by atoms with Crippen LogP contribution in [-0.2, 0) is 16.7 Å². The number of para-hydroxylation sites is 1. The van der Waals surface area contributed by atoms with Crippen molar-refractivity contribution in [2.75, 3.05) is 12.3 Å². The molecule has 0 saturated heterocycles. The molecule has 2 aromatic rings. The minimum Gasteiger partial charge on any atom is -0.310 e. The Kier molecular flexibility index (Phi) is 3.90. The van der Waals surface area contributed by atoms with Gasteiger partial charge in [-0.25, -0.2) is 0 Å². The summed E-state index contributed by atoms with van der Waals surface area (Å²) in [5.41, 5.74) is 1.75. The summed E-state index contributed by atoms with van der Waals surface area (Å²) in [7, 11) is -3.90. The van der Waals surface area contributed by atoms with E-state index in [1.165, 1.54) is 0 Å². The third-order valence-electron chi connectivity index (χ3n) is 2.50. The molecule has 0 fully saturated rings. The lowest BCUT2D eigenvalue weighted by atomic mass is 10.2. The van der Waals surface area contributed by atoms with E-state index in [2.05, 4.69) is 10.3 Å². The van der Waals surface area contributed by atoms with Crippen molar-refractivity contribution in [2.24, 2.45) is 0 Å². The van der Waals surface area contributed by atoms with Crippen LogP contribution in [0, 0.1) is 0 Å². The van der Waals surface area contributed by atoms with Crippen molar-refractivity contribution >= 4 is 21.0 Å². The number of hydrogen-bond acceptors (Lipinski definition) is 4. The number of benzene rings is 1. The molecule has 6 heteroatoms. The predicted molar refractivity (Wildman–Crippen MR) is 69.9 cm³/mol. The van der Waals surface area contributed by atoms with Crippen LogP contribution in [0.15, 0.2) is 36.4 Å².